The Hall–Kier alpha value is -7.65. The Balaban J connectivity index is 2.48. The van der Waals surface area contributed by atoms with Crippen LogP contribution >= 0.6 is 12.6 Å². The molecule has 0 unspecified atom stereocenters. The van der Waals surface area contributed by atoms with E-state index in [1.807, 2.05) is 13.8 Å². The second-order valence-electron chi connectivity index (χ2n) is 20.7. The number of carboxylic acids is 2. The van der Waals surface area contributed by atoms with Gasteiger partial charge in [-0.1, -0.05) is 45.9 Å². The number of carboxylic acid groups (broad SMARTS) is 2. The van der Waals surface area contributed by atoms with Crippen molar-refractivity contribution in [2.45, 2.75) is 159 Å². The number of rotatable bonds is 39. The van der Waals surface area contributed by atoms with Crippen LogP contribution in [0.5, 0.6) is 0 Å². The van der Waals surface area contributed by atoms with Crippen molar-refractivity contribution in [3.8, 4) is 0 Å². The lowest BCUT2D eigenvalue weighted by Crippen LogP contribution is -2.62. The Labute approximate surface area is 490 Å². The van der Waals surface area contributed by atoms with Crippen molar-refractivity contribution in [2.75, 3.05) is 32.1 Å². The minimum atomic E-state index is -1.86. The zero-order valence-electron chi connectivity index (χ0n) is 47.7. The fourth-order valence-corrected chi connectivity index (χ4v) is 8.58. The number of fused-ring (bicyclic) bond motifs is 1. The molecule has 0 bridgehead atoms. The maximum absolute atomic E-state index is 14.4. The highest BCUT2D eigenvalue weighted by Crippen LogP contribution is 2.20. The van der Waals surface area contributed by atoms with Gasteiger partial charge in [-0.15, -0.1) is 0 Å². The highest BCUT2D eigenvalue weighted by Gasteiger charge is 2.37. The number of carbonyl (C=O) groups is 11. The number of unbranched alkanes of at least 4 members (excludes halogenated alkanes) is 1. The Morgan fingerprint density at radius 2 is 1.06 bits per heavy atom. The summed E-state index contributed by atoms with van der Waals surface area (Å²) in [4.78, 5) is 154. The summed E-state index contributed by atoms with van der Waals surface area (Å²) in [6.45, 7) is 6.02. The predicted octanol–water partition coefficient (Wildman–Crippen LogP) is -5.47. The molecule has 23 N–H and O–H groups in total. The number of guanidine groups is 1. The number of aromatic nitrogens is 1. The number of aliphatic carboxylic acids is 2. The number of H-pyrrole nitrogens is 1. The second-order valence-corrected chi connectivity index (χ2v) is 21.1. The molecule has 0 saturated heterocycles. The molecule has 0 saturated carbocycles. The molecule has 1 heterocycles. The van der Waals surface area contributed by atoms with E-state index in [9.17, 15) is 78.3 Å². The van der Waals surface area contributed by atoms with E-state index in [0.29, 0.717) is 29.3 Å². The molecule has 11 atom stereocenters. The van der Waals surface area contributed by atoms with Crippen molar-refractivity contribution < 1.29 is 78.3 Å². The van der Waals surface area contributed by atoms with Gasteiger partial charge in [0.15, 0.2) is 5.96 Å². The molecule has 1 aromatic heterocycles. The van der Waals surface area contributed by atoms with Crippen LogP contribution in [0, 0.1) is 11.8 Å². The Kier molecular flexibility index (Phi) is 31.8. The van der Waals surface area contributed by atoms with Crippen molar-refractivity contribution in [3.63, 3.8) is 0 Å². The maximum atomic E-state index is 14.4. The smallest absolute Gasteiger partial charge is 0.327 e. The van der Waals surface area contributed by atoms with E-state index in [1.165, 1.54) is 0 Å². The van der Waals surface area contributed by atoms with Gasteiger partial charge in [-0.05, 0) is 81.9 Å². The first-order valence-corrected chi connectivity index (χ1v) is 28.0. The predicted molar refractivity (Wildman–Crippen MR) is 309 cm³/mol. The molecule has 84 heavy (non-hydrogen) atoms. The lowest BCUT2D eigenvalue weighted by atomic mass is 9.99. The van der Waals surface area contributed by atoms with Crippen LogP contribution in [0.25, 0.3) is 10.9 Å². The van der Waals surface area contributed by atoms with Crippen molar-refractivity contribution in [1.82, 2.24) is 52.8 Å². The van der Waals surface area contributed by atoms with Crippen molar-refractivity contribution in [3.05, 3.63) is 36.0 Å². The Bertz CT molecular complexity index is 2580. The van der Waals surface area contributed by atoms with Gasteiger partial charge in [-0.2, -0.15) is 12.6 Å². The number of aliphatic hydroxyl groups excluding tert-OH is 3. The molecule has 0 aliphatic carbocycles. The van der Waals surface area contributed by atoms with Gasteiger partial charge in [0.05, 0.1) is 25.4 Å². The van der Waals surface area contributed by atoms with E-state index in [4.69, 9.17) is 22.9 Å². The zero-order chi connectivity index (χ0) is 63.4. The van der Waals surface area contributed by atoms with Crippen LogP contribution in [-0.4, -0.2) is 200 Å². The molecule has 9 amide bonds. The lowest BCUT2D eigenvalue weighted by Gasteiger charge is -2.29. The number of nitrogens with two attached hydrogens (primary N) is 4. The SMILES string of the molecule is CC(C)C[C@H](N)C(=O)N[C@H](C(=O)N[C@H](C(=O)N[C@@H](CCC(=O)O)C(=O)N[C@@H](CCCCN)C(=O)N[C@@H](CO)C(=O)N[C@@H](CCCN=C(N)N)C(=O)N[C@@H](Cc1c[nH]c2ccccc12)C(=O)N[C@@H](CO)C(=O)N[C@@H](CS)C(=O)O)[C@@H](C)O)C(C)C. The summed E-state index contributed by atoms with van der Waals surface area (Å²) < 4.78 is 0. The van der Waals surface area contributed by atoms with E-state index in [1.54, 1.807) is 44.3 Å². The number of hydrogen-bond donors (Lipinski definition) is 20. The molecular formula is C52H85N15O16S. The number of nitrogens with one attached hydrogen (secondary N) is 10. The third-order valence-corrected chi connectivity index (χ3v) is 13.3. The largest absolute Gasteiger partial charge is 0.481 e. The molecule has 470 valence electrons. The van der Waals surface area contributed by atoms with Gasteiger partial charge in [0.2, 0.25) is 53.2 Å². The quantitative estimate of drug-likeness (QED) is 0.0129. The van der Waals surface area contributed by atoms with Crippen LogP contribution in [0.2, 0.25) is 0 Å². The molecular weight excluding hydrogens is 1120 g/mol. The van der Waals surface area contributed by atoms with Crippen LogP contribution in [-0.2, 0) is 59.2 Å². The molecule has 0 aliphatic rings. The summed E-state index contributed by atoms with van der Waals surface area (Å²) in [6, 6.07) is -8.60. The Morgan fingerprint density at radius 3 is 1.55 bits per heavy atom. The summed E-state index contributed by atoms with van der Waals surface area (Å²) >= 11 is 3.92. The normalized spacial score (nSPS) is 15.2. The highest BCUT2D eigenvalue weighted by molar-refractivity contribution is 7.80. The molecule has 2 rings (SSSR count). The van der Waals surface area contributed by atoms with E-state index < -0.39 is 164 Å². The first kappa shape index (κ1) is 72.5. The number of aromatic amines is 1. The maximum Gasteiger partial charge on any atom is 0.327 e. The number of benzene rings is 1. The summed E-state index contributed by atoms with van der Waals surface area (Å²) in [5.41, 5.74) is 23.9. The molecule has 31 nitrogen and oxygen atoms in total. The summed E-state index contributed by atoms with van der Waals surface area (Å²) in [6.07, 6.45) is -1.23. The first-order chi connectivity index (χ1) is 39.6. The van der Waals surface area contributed by atoms with E-state index in [2.05, 4.69) is 70.5 Å². The number of amides is 9. The molecule has 0 fully saturated rings. The molecule has 0 aliphatic heterocycles. The van der Waals surface area contributed by atoms with Gasteiger partial charge in [0.25, 0.3) is 0 Å². The average molecular weight is 1210 g/mol. The monoisotopic (exact) mass is 1210 g/mol. The summed E-state index contributed by atoms with van der Waals surface area (Å²) in [5.74, 6) is -13.2. The van der Waals surface area contributed by atoms with E-state index in [0.717, 1.165) is 6.92 Å². The van der Waals surface area contributed by atoms with Crippen molar-refractivity contribution >= 4 is 94.6 Å². The molecule has 32 heteroatoms. The number of aliphatic hydroxyl groups is 3. The average Bonchev–Trinajstić information content (AvgIpc) is 4.06. The van der Waals surface area contributed by atoms with Crippen LogP contribution in [0.3, 0.4) is 0 Å². The van der Waals surface area contributed by atoms with Crippen LogP contribution in [0.1, 0.15) is 91.5 Å². The van der Waals surface area contributed by atoms with Crippen molar-refractivity contribution in [2.24, 2.45) is 39.8 Å². The number of aliphatic imine (C=N–C) groups is 1. The number of para-hydroxylation sites is 1. The molecule has 1 aromatic carbocycles. The third kappa shape index (κ3) is 24.7. The number of thiol groups is 1. The van der Waals surface area contributed by atoms with Crippen LogP contribution in [0.4, 0.5) is 0 Å². The second kappa shape index (κ2) is 36.8. The molecule has 0 radical (unpaired) electrons. The minimum Gasteiger partial charge on any atom is -0.481 e. The van der Waals surface area contributed by atoms with Crippen molar-refractivity contribution in [1.29, 1.82) is 0 Å². The van der Waals surface area contributed by atoms with E-state index in [-0.39, 0.29) is 62.8 Å². The van der Waals surface area contributed by atoms with Gasteiger partial charge in [-0.25, -0.2) is 4.79 Å². The summed E-state index contributed by atoms with van der Waals surface area (Å²) in [5, 5.41) is 72.5. The molecule has 2 aromatic rings. The topological polar surface area (TPSA) is 529 Å². The van der Waals surface area contributed by atoms with Gasteiger partial charge in [-0.3, -0.25) is 52.9 Å². The first-order valence-electron chi connectivity index (χ1n) is 27.3. The third-order valence-electron chi connectivity index (χ3n) is 13.0. The highest BCUT2D eigenvalue weighted by atomic mass is 32.1. The van der Waals surface area contributed by atoms with Crippen LogP contribution in [0.15, 0.2) is 35.5 Å². The fourth-order valence-electron chi connectivity index (χ4n) is 8.33. The Morgan fingerprint density at radius 1 is 0.595 bits per heavy atom. The van der Waals surface area contributed by atoms with Crippen LogP contribution < -0.4 is 70.8 Å². The zero-order valence-corrected chi connectivity index (χ0v) is 48.6. The van der Waals surface area contributed by atoms with Gasteiger partial charge in [0.1, 0.15) is 54.4 Å². The standard InChI is InChI=1S/C52H85N15O16S/c1-25(2)19-30(54)42(73)66-40(26(3)4)49(80)67-41(27(5)70)50(81)61-34(15-16-39(71)72)45(76)59-32(13-8-9-17-53)44(75)63-36(22-68)47(78)60-33(14-10-18-57-52(55)56)43(74)62-35(20-28-21-58-31-12-7-6-11-29(28)31)46(77)64-37(23-69)48(79)65-38(24-84)51(82)83/h6-7,11-12,21,25-27,30,32-38,40-41,58,68-70,84H,8-10,13-20,22-24,53-54H2,1-5H3,(H,59,76)(H,60,78)(H,61,81)(H,62,74)(H,63,75)(H,64,77)(H,65,79)(H,66,73)(H,67,80)(H,71,72)(H,82,83)(H4,55,56,57)/t27-,30+,32+,33+,34+,35+,36+,37+,38+,40+,41+/m1/s1. The van der Waals surface area contributed by atoms with Gasteiger partial charge < -0.3 is 101 Å². The molecule has 0 spiro atoms. The minimum absolute atomic E-state index is 0.0119. The van der Waals surface area contributed by atoms with Gasteiger partial charge >= 0.3 is 11.9 Å². The number of nitrogens with zero attached hydrogens (tertiary/aromatic N) is 1. The van der Waals surface area contributed by atoms with E-state index >= 15 is 0 Å². The summed E-state index contributed by atoms with van der Waals surface area (Å²) in [7, 11) is 0. The number of hydrogen-bond acceptors (Lipinski definition) is 18. The van der Waals surface area contributed by atoms with Gasteiger partial charge in [0, 0.05) is 42.2 Å². The fraction of sp³-hybridized carbons (Fsp3) is 0.615. The lowest BCUT2D eigenvalue weighted by molar-refractivity contribution is -0.142. The number of carbonyl (C=O) groups excluding carboxylic acids is 9.